The molecule has 0 saturated heterocycles. The molecule has 1 aromatic rings. The van der Waals surface area contributed by atoms with E-state index in [1.54, 1.807) is 0 Å². The lowest BCUT2D eigenvalue weighted by molar-refractivity contribution is 0.114. The summed E-state index contributed by atoms with van der Waals surface area (Å²) in [5, 5.41) is 0. The van der Waals surface area contributed by atoms with Crippen molar-refractivity contribution in [1.29, 1.82) is 0 Å². The SMILES string of the molecule is CC(C)CCCOCCCOc1ccc(C(N)=S)cc1. The number of rotatable bonds is 10. The Hall–Kier alpha value is -1.13. The molecule has 0 aliphatic rings. The van der Waals surface area contributed by atoms with E-state index < -0.39 is 0 Å². The van der Waals surface area contributed by atoms with Crippen molar-refractivity contribution >= 4 is 17.2 Å². The van der Waals surface area contributed by atoms with Gasteiger partial charge in [0, 0.05) is 25.2 Å². The Bertz CT molecular complexity index is 390. The van der Waals surface area contributed by atoms with Crippen LogP contribution in [0.25, 0.3) is 0 Å². The first-order valence-electron chi connectivity index (χ1n) is 7.20. The largest absolute Gasteiger partial charge is 0.494 e. The summed E-state index contributed by atoms with van der Waals surface area (Å²) in [4.78, 5) is 0.409. The molecule has 0 saturated carbocycles. The average Bonchev–Trinajstić information content (AvgIpc) is 2.42. The Labute approximate surface area is 127 Å². The summed E-state index contributed by atoms with van der Waals surface area (Å²) in [6, 6.07) is 7.52. The number of benzene rings is 1. The molecule has 0 fully saturated rings. The van der Waals surface area contributed by atoms with Crippen molar-refractivity contribution in [2.24, 2.45) is 11.7 Å². The first-order valence-corrected chi connectivity index (χ1v) is 7.61. The molecule has 112 valence electrons. The van der Waals surface area contributed by atoms with E-state index >= 15 is 0 Å². The average molecular weight is 295 g/mol. The highest BCUT2D eigenvalue weighted by atomic mass is 32.1. The monoisotopic (exact) mass is 295 g/mol. The lowest BCUT2D eigenvalue weighted by Gasteiger charge is -2.08. The number of ether oxygens (including phenoxy) is 2. The Balaban J connectivity index is 2.05. The van der Waals surface area contributed by atoms with Crippen LogP contribution in [0.4, 0.5) is 0 Å². The third kappa shape index (κ3) is 7.46. The highest BCUT2D eigenvalue weighted by molar-refractivity contribution is 7.80. The van der Waals surface area contributed by atoms with Gasteiger partial charge in [0.25, 0.3) is 0 Å². The van der Waals surface area contributed by atoms with Gasteiger partial charge in [-0.25, -0.2) is 0 Å². The van der Waals surface area contributed by atoms with E-state index in [-0.39, 0.29) is 0 Å². The van der Waals surface area contributed by atoms with Gasteiger partial charge < -0.3 is 15.2 Å². The molecule has 0 aliphatic heterocycles. The van der Waals surface area contributed by atoms with E-state index in [0.717, 1.165) is 43.3 Å². The Kier molecular flexibility index (Phi) is 8.23. The number of thiocarbonyl (C=S) groups is 1. The molecule has 1 aromatic carbocycles. The van der Waals surface area contributed by atoms with E-state index in [1.807, 2.05) is 24.3 Å². The maximum atomic E-state index is 5.62. The van der Waals surface area contributed by atoms with Gasteiger partial charge in [0.15, 0.2) is 0 Å². The highest BCUT2D eigenvalue weighted by Crippen LogP contribution is 2.12. The fourth-order valence-electron chi connectivity index (χ4n) is 1.76. The zero-order chi connectivity index (χ0) is 14.8. The summed E-state index contributed by atoms with van der Waals surface area (Å²) in [6.07, 6.45) is 3.27. The second-order valence-electron chi connectivity index (χ2n) is 5.24. The Morgan fingerprint density at radius 2 is 1.75 bits per heavy atom. The van der Waals surface area contributed by atoms with Crippen LogP contribution in [0.2, 0.25) is 0 Å². The second kappa shape index (κ2) is 9.72. The Morgan fingerprint density at radius 1 is 1.10 bits per heavy atom. The summed E-state index contributed by atoms with van der Waals surface area (Å²) < 4.78 is 11.2. The molecule has 0 unspecified atom stereocenters. The van der Waals surface area contributed by atoms with E-state index in [0.29, 0.717) is 11.6 Å². The molecule has 4 heteroatoms. The molecule has 0 aromatic heterocycles. The smallest absolute Gasteiger partial charge is 0.119 e. The molecular weight excluding hydrogens is 270 g/mol. The molecule has 0 amide bonds. The van der Waals surface area contributed by atoms with Crippen LogP contribution in [0.15, 0.2) is 24.3 Å². The number of nitrogens with two attached hydrogens (primary N) is 1. The molecule has 0 bridgehead atoms. The van der Waals surface area contributed by atoms with Gasteiger partial charge in [-0.05, 0) is 43.0 Å². The first-order chi connectivity index (χ1) is 9.59. The van der Waals surface area contributed by atoms with Crippen molar-refractivity contribution < 1.29 is 9.47 Å². The minimum atomic E-state index is 0.409. The fourth-order valence-corrected chi connectivity index (χ4v) is 1.90. The van der Waals surface area contributed by atoms with Crippen LogP contribution >= 0.6 is 12.2 Å². The van der Waals surface area contributed by atoms with Crippen molar-refractivity contribution in [2.45, 2.75) is 33.1 Å². The predicted octanol–water partition coefficient (Wildman–Crippen LogP) is 3.54. The molecule has 0 spiro atoms. The zero-order valence-electron chi connectivity index (χ0n) is 12.4. The normalized spacial score (nSPS) is 10.8. The van der Waals surface area contributed by atoms with Crippen molar-refractivity contribution in [3.63, 3.8) is 0 Å². The molecule has 2 N–H and O–H groups in total. The lowest BCUT2D eigenvalue weighted by Crippen LogP contribution is -2.09. The molecule has 0 heterocycles. The maximum absolute atomic E-state index is 5.62. The molecule has 0 aliphatic carbocycles. The van der Waals surface area contributed by atoms with Crippen molar-refractivity contribution in [3.05, 3.63) is 29.8 Å². The van der Waals surface area contributed by atoms with Gasteiger partial charge in [0.05, 0.1) is 6.61 Å². The first kappa shape index (κ1) is 16.9. The number of hydrogen-bond donors (Lipinski definition) is 1. The van der Waals surface area contributed by atoms with Crippen LogP contribution in [0.1, 0.15) is 38.7 Å². The van der Waals surface area contributed by atoms with Gasteiger partial charge in [-0.1, -0.05) is 26.1 Å². The van der Waals surface area contributed by atoms with Crippen LogP contribution in [0.3, 0.4) is 0 Å². The maximum Gasteiger partial charge on any atom is 0.119 e. The van der Waals surface area contributed by atoms with E-state index in [2.05, 4.69) is 13.8 Å². The van der Waals surface area contributed by atoms with Crippen molar-refractivity contribution in [1.82, 2.24) is 0 Å². The standard InChI is InChI=1S/C16H25NO2S/c1-13(2)5-3-10-18-11-4-12-19-15-8-6-14(7-9-15)16(17)20/h6-9,13H,3-5,10-12H2,1-2H3,(H2,17,20). The predicted molar refractivity (Wildman–Crippen MR) is 87.3 cm³/mol. The van der Waals surface area contributed by atoms with Gasteiger partial charge in [-0.3, -0.25) is 0 Å². The minimum Gasteiger partial charge on any atom is -0.494 e. The molecule has 0 atom stereocenters. The Morgan fingerprint density at radius 3 is 2.35 bits per heavy atom. The summed E-state index contributed by atoms with van der Waals surface area (Å²) in [6.45, 7) is 6.73. The molecule has 0 radical (unpaired) electrons. The van der Waals surface area contributed by atoms with Crippen LogP contribution in [-0.2, 0) is 4.74 Å². The van der Waals surface area contributed by atoms with Gasteiger partial charge in [-0.15, -0.1) is 0 Å². The summed E-state index contributed by atoms with van der Waals surface area (Å²) >= 11 is 4.90. The summed E-state index contributed by atoms with van der Waals surface area (Å²) in [5.74, 6) is 1.59. The van der Waals surface area contributed by atoms with Crippen LogP contribution in [-0.4, -0.2) is 24.8 Å². The molecule has 1 rings (SSSR count). The van der Waals surface area contributed by atoms with Crippen molar-refractivity contribution in [3.8, 4) is 5.75 Å². The van der Waals surface area contributed by atoms with E-state index in [4.69, 9.17) is 27.4 Å². The van der Waals surface area contributed by atoms with Gasteiger partial charge >= 0.3 is 0 Å². The molecular formula is C16H25NO2S. The van der Waals surface area contributed by atoms with Crippen molar-refractivity contribution in [2.75, 3.05) is 19.8 Å². The second-order valence-corrected chi connectivity index (χ2v) is 5.68. The quantitative estimate of drug-likeness (QED) is 0.529. The summed E-state index contributed by atoms with van der Waals surface area (Å²) in [5.41, 5.74) is 6.40. The van der Waals surface area contributed by atoms with E-state index in [9.17, 15) is 0 Å². The number of hydrogen-bond acceptors (Lipinski definition) is 3. The third-order valence-corrected chi connectivity index (χ3v) is 3.15. The van der Waals surface area contributed by atoms with Gasteiger partial charge in [0.2, 0.25) is 0 Å². The third-order valence-electron chi connectivity index (χ3n) is 2.91. The van der Waals surface area contributed by atoms with E-state index in [1.165, 1.54) is 6.42 Å². The topological polar surface area (TPSA) is 44.5 Å². The van der Waals surface area contributed by atoms with Gasteiger partial charge in [-0.2, -0.15) is 0 Å². The lowest BCUT2D eigenvalue weighted by atomic mass is 10.1. The van der Waals surface area contributed by atoms with Crippen LogP contribution in [0.5, 0.6) is 5.75 Å². The molecule has 3 nitrogen and oxygen atoms in total. The minimum absolute atomic E-state index is 0.409. The van der Waals surface area contributed by atoms with Crippen LogP contribution < -0.4 is 10.5 Å². The molecule has 20 heavy (non-hydrogen) atoms. The van der Waals surface area contributed by atoms with Crippen LogP contribution in [0, 0.1) is 5.92 Å². The highest BCUT2D eigenvalue weighted by Gasteiger charge is 1.98. The fraction of sp³-hybridized carbons (Fsp3) is 0.562. The summed E-state index contributed by atoms with van der Waals surface area (Å²) in [7, 11) is 0. The zero-order valence-corrected chi connectivity index (χ0v) is 13.2. The van der Waals surface area contributed by atoms with Gasteiger partial charge in [0.1, 0.15) is 10.7 Å².